The normalized spacial score (nSPS) is 12.0. The molecule has 0 aliphatic heterocycles. The van der Waals surface area contributed by atoms with Crippen molar-refractivity contribution in [2.24, 2.45) is 0 Å². The smallest absolute Gasteiger partial charge is 0.340 e. The van der Waals surface area contributed by atoms with Gasteiger partial charge in [0.2, 0.25) is 11.8 Å². The standard InChI is InChI=1S/C28H27FN2O7S/c1-15-18-11-20-21(16-3-5-17(29)6-4-16)14-37-23(20)13-24(18)38-28(36)19(15)12-25(32)31-22(8-10-39-2)27(35)30-9-7-26(33)34/h3-6,11,13-14,22H,7-10,12H2,1-2H3,(H,30,35)(H,31,32)(H,33,34)/t22-/m0/s1. The van der Waals surface area contributed by atoms with Crippen LogP contribution >= 0.6 is 11.8 Å². The average Bonchev–Trinajstić information content (AvgIpc) is 3.31. The Labute approximate surface area is 226 Å². The van der Waals surface area contributed by atoms with E-state index in [0.29, 0.717) is 34.3 Å². The second-order valence-corrected chi connectivity index (χ2v) is 9.99. The second kappa shape index (κ2) is 12.2. The van der Waals surface area contributed by atoms with Crippen LogP contribution in [0.1, 0.15) is 24.0 Å². The molecule has 0 bridgehead atoms. The van der Waals surface area contributed by atoms with Gasteiger partial charge < -0.3 is 24.6 Å². The molecule has 0 saturated heterocycles. The summed E-state index contributed by atoms with van der Waals surface area (Å²) in [6, 6.07) is 8.53. The number of halogens is 1. The number of fused-ring (bicyclic) bond motifs is 2. The third-order valence-electron chi connectivity index (χ3n) is 6.37. The molecule has 0 fully saturated rings. The van der Waals surface area contributed by atoms with Crippen LogP contribution in [-0.2, 0) is 20.8 Å². The van der Waals surface area contributed by atoms with Crippen molar-refractivity contribution >= 4 is 51.5 Å². The lowest BCUT2D eigenvalue weighted by Gasteiger charge is -2.18. The Morgan fingerprint density at radius 3 is 2.54 bits per heavy atom. The van der Waals surface area contributed by atoms with Crippen molar-refractivity contribution in [3.8, 4) is 11.1 Å². The predicted molar refractivity (Wildman–Crippen MR) is 146 cm³/mol. The first kappa shape index (κ1) is 27.9. The van der Waals surface area contributed by atoms with Crippen LogP contribution < -0.4 is 16.3 Å². The molecule has 39 heavy (non-hydrogen) atoms. The number of aryl methyl sites for hydroxylation is 1. The topological polar surface area (TPSA) is 139 Å². The number of thioether (sulfide) groups is 1. The molecular formula is C28H27FN2O7S. The van der Waals surface area contributed by atoms with Gasteiger partial charge in [-0.2, -0.15) is 11.8 Å². The van der Waals surface area contributed by atoms with Gasteiger partial charge in [-0.05, 0) is 54.7 Å². The molecule has 0 radical (unpaired) electrons. The van der Waals surface area contributed by atoms with Crippen molar-refractivity contribution in [2.45, 2.75) is 32.2 Å². The lowest BCUT2D eigenvalue weighted by molar-refractivity contribution is -0.137. The van der Waals surface area contributed by atoms with Crippen LogP contribution in [0.2, 0.25) is 0 Å². The van der Waals surface area contributed by atoms with Crippen molar-refractivity contribution in [1.82, 2.24) is 10.6 Å². The van der Waals surface area contributed by atoms with E-state index in [0.717, 1.165) is 16.5 Å². The van der Waals surface area contributed by atoms with E-state index in [4.69, 9.17) is 13.9 Å². The Balaban J connectivity index is 1.60. The summed E-state index contributed by atoms with van der Waals surface area (Å²) in [5.74, 6) is -1.84. The Morgan fingerprint density at radius 1 is 1.10 bits per heavy atom. The number of amides is 2. The molecule has 4 rings (SSSR count). The molecule has 2 aromatic heterocycles. The van der Waals surface area contributed by atoms with Crippen LogP contribution in [0, 0.1) is 12.7 Å². The molecule has 1 atom stereocenters. The maximum absolute atomic E-state index is 13.4. The van der Waals surface area contributed by atoms with E-state index < -0.39 is 29.5 Å². The van der Waals surface area contributed by atoms with Crippen molar-refractivity contribution in [3.05, 3.63) is 70.0 Å². The number of carbonyl (C=O) groups is 3. The van der Waals surface area contributed by atoms with E-state index >= 15 is 0 Å². The minimum Gasteiger partial charge on any atom is -0.481 e. The molecule has 9 nitrogen and oxygen atoms in total. The van der Waals surface area contributed by atoms with E-state index in [1.54, 1.807) is 31.4 Å². The third-order valence-corrected chi connectivity index (χ3v) is 7.02. The molecule has 0 saturated carbocycles. The number of furan rings is 1. The number of carboxylic acid groups (broad SMARTS) is 1. The zero-order valence-electron chi connectivity index (χ0n) is 21.3. The van der Waals surface area contributed by atoms with Gasteiger partial charge in [0.1, 0.15) is 23.0 Å². The van der Waals surface area contributed by atoms with E-state index in [-0.39, 0.29) is 30.8 Å². The molecule has 4 aromatic rings. The van der Waals surface area contributed by atoms with Gasteiger partial charge in [0.05, 0.1) is 24.7 Å². The highest BCUT2D eigenvalue weighted by Crippen LogP contribution is 2.34. The molecule has 2 heterocycles. The van der Waals surface area contributed by atoms with E-state index in [2.05, 4.69) is 10.6 Å². The quantitative estimate of drug-likeness (QED) is 0.236. The molecule has 0 unspecified atom stereocenters. The Morgan fingerprint density at radius 2 is 1.85 bits per heavy atom. The zero-order chi connectivity index (χ0) is 28.1. The van der Waals surface area contributed by atoms with Gasteiger partial charge in [-0.25, -0.2) is 9.18 Å². The van der Waals surface area contributed by atoms with E-state index in [9.17, 15) is 23.6 Å². The van der Waals surface area contributed by atoms with Gasteiger partial charge in [-0.1, -0.05) is 12.1 Å². The molecular weight excluding hydrogens is 527 g/mol. The maximum atomic E-state index is 13.4. The molecule has 0 spiro atoms. The number of hydrogen-bond donors (Lipinski definition) is 3. The summed E-state index contributed by atoms with van der Waals surface area (Å²) in [6.45, 7) is 1.66. The van der Waals surface area contributed by atoms with Gasteiger partial charge in [0, 0.05) is 28.9 Å². The van der Waals surface area contributed by atoms with Gasteiger partial charge in [0.25, 0.3) is 0 Å². The first-order valence-electron chi connectivity index (χ1n) is 12.2. The summed E-state index contributed by atoms with van der Waals surface area (Å²) in [6.07, 6.45) is 3.20. The van der Waals surface area contributed by atoms with Crippen molar-refractivity contribution in [2.75, 3.05) is 18.6 Å². The van der Waals surface area contributed by atoms with Crippen LogP contribution in [0.15, 0.2) is 56.3 Å². The van der Waals surface area contributed by atoms with E-state index in [1.165, 1.54) is 23.9 Å². The highest BCUT2D eigenvalue weighted by atomic mass is 32.2. The van der Waals surface area contributed by atoms with Crippen molar-refractivity contribution in [1.29, 1.82) is 0 Å². The molecule has 11 heteroatoms. The largest absolute Gasteiger partial charge is 0.481 e. The van der Waals surface area contributed by atoms with Crippen molar-refractivity contribution < 1.29 is 32.7 Å². The molecule has 2 aromatic carbocycles. The highest BCUT2D eigenvalue weighted by Gasteiger charge is 2.23. The maximum Gasteiger partial charge on any atom is 0.340 e. The summed E-state index contributed by atoms with van der Waals surface area (Å²) < 4.78 is 24.6. The van der Waals surface area contributed by atoms with Crippen LogP contribution in [0.5, 0.6) is 0 Å². The summed E-state index contributed by atoms with van der Waals surface area (Å²) >= 11 is 1.50. The fraction of sp³-hybridized carbons (Fsp3) is 0.286. The minimum absolute atomic E-state index is 0.0600. The van der Waals surface area contributed by atoms with Crippen molar-refractivity contribution in [3.63, 3.8) is 0 Å². The lowest BCUT2D eigenvalue weighted by atomic mass is 9.99. The van der Waals surface area contributed by atoms with Gasteiger partial charge >= 0.3 is 11.6 Å². The summed E-state index contributed by atoms with van der Waals surface area (Å²) in [4.78, 5) is 49.1. The predicted octanol–water partition coefficient (Wildman–Crippen LogP) is 4.03. The fourth-order valence-electron chi connectivity index (χ4n) is 4.29. The molecule has 204 valence electrons. The molecule has 0 aliphatic rings. The fourth-order valence-corrected chi connectivity index (χ4v) is 4.77. The monoisotopic (exact) mass is 554 g/mol. The average molecular weight is 555 g/mol. The summed E-state index contributed by atoms with van der Waals surface area (Å²) in [5, 5.41) is 15.3. The third kappa shape index (κ3) is 6.48. The number of hydrogen-bond acceptors (Lipinski definition) is 7. The Kier molecular flexibility index (Phi) is 8.70. The SMILES string of the molecule is CSCC[C@H](NC(=O)Cc1c(C)c2cc3c(-c4ccc(F)cc4)coc3cc2oc1=O)C(=O)NCCC(=O)O. The number of aliphatic carboxylic acids is 1. The van der Waals surface area contributed by atoms with Crippen LogP contribution in [0.3, 0.4) is 0 Å². The Bertz CT molecular complexity index is 1590. The van der Waals surface area contributed by atoms with Gasteiger partial charge in [-0.15, -0.1) is 0 Å². The Hall–Kier alpha value is -4.12. The van der Waals surface area contributed by atoms with Gasteiger partial charge in [-0.3, -0.25) is 14.4 Å². The molecule has 3 N–H and O–H groups in total. The van der Waals surface area contributed by atoms with Gasteiger partial charge in [0.15, 0.2) is 0 Å². The summed E-state index contributed by atoms with van der Waals surface area (Å²) in [5.41, 5.74) is 2.30. The number of nitrogens with one attached hydrogen (secondary N) is 2. The number of carboxylic acids is 1. The first-order valence-corrected chi connectivity index (χ1v) is 13.6. The molecule has 0 aliphatic carbocycles. The first-order chi connectivity index (χ1) is 18.7. The van der Waals surface area contributed by atoms with Crippen LogP contribution in [-0.4, -0.2) is 47.5 Å². The second-order valence-electron chi connectivity index (χ2n) is 9.01. The zero-order valence-corrected chi connectivity index (χ0v) is 22.2. The highest BCUT2D eigenvalue weighted by molar-refractivity contribution is 7.98. The minimum atomic E-state index is -1.05. The summed E-state index contributed by atoms with van der Waals surface area (Å²) in [7, 11) is 0. The number of carbonyl (C=O) groups excluding carboxylic acids is 2. The van der Waals surface area contributed by atoms with Crippen LogP contribution in [0.4, 0.5) is 4.39 Å². The molecule has 2 amide bonds. The lowest BCUT2D eigenvalue weighted by Crippen LogP contribution is -2.48. The van der Waals surface area contributed by atoms with E-state index in [1.807, 2.05) is 12.3 Å². The number of benzene rings is 2. The van der Waals surface area contributed by atoms with Crippen LogP contribution in [0.25, 0.3) is 33.1 Å². The number of rotatable bonds is 11.